The maximum absolute atomic E-state index is 12.7. The van der Waals surface area contributed by atoms with E-state index in [-0.39, 0.29) is 6.29 Å². The number of hydrogen-bond donors (Lipinski definition) is 19. The van der Waals surface area contributed by atoms with Crippen LogP contribution < -0.4 is 10.6 Å². The predicted octanol–water partition coefficient (Wildman–Crippen LogP) is -12.6. The lowest BCUT2D eigenvalue weighted by Gasteiger charge is -2.49. The summed E-state index contributed by atoms with van der Waals surface area (Å²) in [6.07, 6.45) is -46.3. The minimum Gasteiger partial charge on any atom is -0.477 e. The molecule has 19 N–H and O–H groups in total. The number of carboxylic acid groups (broad SMARTS) is 1. The number of aliphatic carboxylic acids is 1. The van der Waals surface area contributed by atoms with Gasteiger partial charge in [-0.1, -0.05) is 0 Å². The highest BCUT2D eigenvalue weighted by atomic mass is 16.8. The first kappa shape index (κ1) is 57.7. The summed E-state index contributed by atoms with van der Waals surface area (Å²) in [6, 6.07) is -3.41. The molecule has 31 nitrogen and oxygen atoms in total. The quantitative estimate of drug-likeness (QED) is 0.0448. The summed E-state index contributed by atoms with van der Waals surface area (Å²) in [5, 5.41) is 183. The fourth-order valence-electron chi connectivity index (χ4n) is 7.97. The van der Waals surface area contributed by atoms with Crippen LogP contribution in [0.2, 0.25) is 0 Å². The van der Waals surface area contributed by atoms with Gasteiger partial charge in [0.25, 0.3) is 5.79 Å². The molecule has 4 fully saturated rings. The molecule has 0 aromatic rings. The molecule has 0 saturated carbocycles. The van der Waals surface area contributed by atoms with Crippen molar-refractivity contribution in [2.75, 3.05) is 33.0 Å². The van der Waals surface area contributed by atoms with Crippen LogP contribution in [0.3, 0.4) is 0 Å². The minimum atomic E-state index is -2.97. The molecule has 4 aliphatic heterocycles. The van der Waals surface area contributed by atoms with Gasteiger partial charge in [0, 0.05) is 20.3 Å². The molecule has 25 atom stereocenters. The maximum Gasteiger partial charge on any atom is 0.364 e. The number of aliphatic hydroxyl groups is 16. The van der Waals surface area contributed by atoms with Crippen molar-refractivity contribution in [1.29, 1.82) is 0 Å². The molecule has 0 aliphatic carbocycles. The molecule has 0 spiro atoms. The van der Waals surface area contributed by atoms with E-state index in [1.54, 1.807) is 0 Å². The molecule has 0 aromatic heterocycles. The van der Waals surface area contributed by atoms with E-state index >= 15 is 0 Å². The van der Waals surface area contributed by atoms with Gasteiger partial charge in [0.05, 0.1) is 45.2 Å². The Balaban J connectivity index is 1.58. The van der Waals surface area contributed by atoms with Crippen molar-refractivity contribution in [3.63, 3.8) is 0 Å². The Morgan fingerprint density at radius 2 is 1.24 bits per heavy atom. The van der Waals surface area contributed by atoms with Crippen molar-refractivity contribution in [2.24, 2.45) is 0 Å². The van der Waals surface area contributed by atoms with Crippen LogP contribution in [0.1, 0.15) is 20.3 Å². The zero-order valence-electron chi connectivity index (χ0n) is 36.2. The van der Waals surface area contributed by atoms with Crippen molar-refractivity contribution < 1.29 is 144 Å². The summed E-state index contributed by atoms with van der Waals surface area (Å²) in [6.45, 7) is -3.48. The lowest BCUT2D eigenvalue weighted by atomic mass is 9.88. The SMILES string of the molecule is CC(=O)NC1C(OC2C(O)C(CO)OC(OC(C(O)CO)C(O)C(O)C=O)C2O)OC(CO)C(OC2OC(COC3(C(=O)O)CC(O)C(NC(C)=O)C(C(O)C(O)CO)O3)C(O)C(O)C2O)C1O. The van der Waals surface area contributed by atoms with Crippen LogP contribution in [-0.4, -0.2) is 297 Å². The first-order chi connectivity index (χ1) is 31.9. The molecule has 2 amide bonds. The third-order valence-corrected chi connectivity index (χ3v) is 11.6. The Kier molecular flexibility index (Phi) is 21.2. The number of rotatable bonds is 22. The zero-order valence-corrected chi connectivity index (χ0v) is 36.2. The molecule has 31 heteroatoms. The van der Waals surface area contributed by atoms with E-state index in [1.165, 1.54) is 0 Å². The van der Waals surface area contributed by atoms with Gasteiger partial charge in [0.15, 0.2) is 25.2 Å². The molecule has 25 unspecified atom stereocenters. The van der Waals surface area contributed by atoms with E-state index in [0.29, 0.717) is 0 Å². The molecule has 4 aliphatic rings. The van der Waals surface area contributed by atoms with Crippen LogP contribution in [0.15, 0.2) is 0 Å². The Labute approximate surface area is 384 Å². The first-order valence-corrected chi connectivity index (χ1v) is 21.0. The highest BCUT2D eigenvalue weighted by molar-refractivity contribution is 5.76. The maximum atomic E-state index is 12.7. The molecule has 0 radical (unpaired) electrons. The third-order valence-electron chi connectivity index (χ3n) is 11.6. The van der Waals surface area contributed by atoms with E-state index in [4.69, 9.17) is 37.9 Å². The van der Waals surface area contributed by atoms with Crippen LogP contribution in [0, 0.1) is 0 Å². The average molecular weight is 999 g/mol. The molecule has 4 heterocycles. The van der Waals surface area contributed by atoms with Crippen molar-refractivity contribution in [1.82, 2.24) is 10.6 Å². The fourth-order valence-corrected chi connectivity index (χ4v) is 7.97. The molecule has 0 aromatic carbocycles. The second-order valence-electron chi connectivity index (χ2n) is 16.5. The molecule has 0 bridgehead atoms. The molecule has 4 saturated heterocycles. The van der Waals surface area contributed by atoms with E-state index in [1.807, 2.05) is 0 Å². The number of carbonyl (C=O) groups is 4. The van der Waals surface area contributed by atoms with Crippen molar-refractivity contribution in [3.05, 3.63) is 0 Å². The predicted molar refractivity (Wildman–Crippen MR) is 208 cm³/mol. The summed E-state index contributed by atoms with van der Waals surface area (Å²) in [5.74, 6) is -6.61. The second kappa shape index (κ2) is 25.0. The Morgan fingerprint density at radius 3 is 1.78 bits per heavy atom. The number of hydrogen-bond acceptors (Lipinski definition) is 28. The summed E-state index contributed by atoms with van der Waals surface area (Å²) in [4.78, 5) is 48.2. The normalized spacial score (nSPS) is 41.6. The highest BCUT2D eigenvalue weighted by Gasteiger charge is 2.58. The lowest BCUT2D eigenvalue weighted by Crippen LogP contribution is -2.70. The number of carboxylic acids is 1. The molecule has 4 rings (SSSR count). The van der Waals surface area contributed by atoms with Gasteiger partial charge in [-0.05, 0) is 0 Å². The van der Waals surface area contributed by atoms with Gasteiger partial charge in [-0.15, -0.1) is 0 Å². The number of ether oxygens (including phenoxy) is 8. The minimum absolute atomic E-state index is 0.140. The summed E-state index contributed by atoms with van der Waals surface area (Å²) in [5.41, 5.74) is 0. The molecular formula is C37H62N2O29. The number of amides is 2. The van der Waals surface area contributed by atoms with Gasteiger partial charge in [0.1, 0.15) is 116 Å². The molecule has 394 valence electrons. The monoisotopic (exact) mass is 998 g/mol. The van der Waals surface area contributed by atoms with Crippen molar-refractivity contribution in [3.8, 4) is 0 Å². The van der Waals surface area contributed by atoms with Crippen LogP contribution in [0.25, 0.3) is 0 Å². The van der Waals surface area contributed by atoms with E-state index in [2.05, 4.69) is 10.6 Å². The van der Waals surface area contributed by atoms with Gasteiger partial charge in [-0.2, -0.15) is 0 Å². The Hall–Kier alpha value is -2.88. The van der Waals surface area contributed by atoms with Gasteiger partial charge in [0.2, 0.25) is 11.8 Å². The van der Waals surface area contributed by atoms with Crippen molar-refractivity contribution >= 4 is 24.1 Å². The van der Waals surface area contributed by atoms with Gasteiger partial charge >= 0.3 is 5.97 Å². The summed E-state index contributed by atoms with van der Waals surface area (Å²) in [7, 11) is 0. The summed E-state index contributed by atoms with van der Waals surface area (Å²) >= 11 is 0. The first-order valence-electron chi connectivity index (χ1n) is 21.0. The molecule has 68 heavy (non-hydrogen) atoms. The van der Waals surface area contributed by atoms with Crippen LogP contribution in [0.5, 0.6) is 0 Å². The largest absolute Gasteiger partial charge is 0.477 e. The van der Waals surface area contributed by atoms with Gasteiger partial charge in [-0.3, -0.25) is 9.59 Å². The standard InChI is InChI=1S/C37H62N2O29/c1-10(45)38-19-12(47)3-37(36(59)60,68-31(19)22(52)14(49)5-41)61-9-18-23(53)26(56)27(57)34(64-18)66-30-17(8-44)63-33(20(25(30)55)39-11(2)46)67-32-24(54)16(7-43)62-35(28(32)58)65-29(15(50)6-42)21(51)13(48)4-40/h4,12-35,41-44,47-58H,3,5-9H2,1-2H3,(H,38,45)(H,39,46)(H,59,60). The van der Waals surface area contributed by atoms with E-state index < -0.39 is 210 Å². The lowest BCUT2D eigenvalue weighted by molar-refractivity contribution is -0.375. The fraction of sp³-hybridized carbons (Fsp3) is 0.892. The van der Waals surface area contributed by atoms with E-state index in [9.17, 15) is 106 Å². The average Bonchev–Trinajstić information content (AvgIpc) is 3.30. The van der Waals surface area contributed by atoms with Crippen LogP contribution in [0.4, 0.5) is 0 Å². The summed E-state index contributed by atoms with van der Waals surface area (Å²) < 4.78 is 44.8. The number of nitrogens with one attached hydrogen (secondary N) is 2. The third kappa shape index (κ3) is 13.0. The smallest absolute Gasteiger partial charge is 0.364 e. The van der Waals surface area contributed by atoms with Gasteiger partial charge < -0.3 is 140 Å². The number of aldehydes is 1. The molecular weight excluding hydrogens is 936 g/mol. The zero-order chi connectivity index (χ0) is 51.1. The Morgan fingerprint density at radius 1 is 0.676 bits per heavy atom. The number of aliphatic hydroxyl groups excluding tert-OH is 16. The topological polar surface area (TPSA) is 510 Å². The van der Waals surface area contributed by atoms with Crippen molar-refractivity contribution in [2.45, 2.75) is 173 Å². The highest BCUT2D eigenvalue weighted by Crippen LogP contribution is 2.37. The Bertz CT molecular complexity index is 1640. The second-order valence-corrected chi connectivity index (χ2v) is 16.5. The number of carbonyl (C=O) groups excluding carboxylic acids is 3. The van der Waals surface area contributed by atoms with Crippen LogP contribution in [-0.2, 0) is 57.1 Å². The van der Waals surface area contributed by atoms with E-state index in [0.717, 1.165) is 13.8 Å². The van der Waals surface area contributed by atoms with Crippen LogP contribution >= 0.6 is 0 Å². The van der Waals surface area contributed by atoms with Gasteiger partial charge in [-0.25, -0.2) is 4.79 Å².